The fraction of sp³-hybridized carbons (Fsp3) is 0.714. The molecule has 0 aromatic rings. The van der Waals surface area contributed by atoms with Gasteiger partial charge in [0.25, 0.3) is 0 Å². The Morgan fingerprint density at radius 1 is 0.541 bits per heavy atom. The van der Waals surface area contributed by atoms with E-state index >= 15 is 0 Å². The molecule has 0 aliphatic carbocycles. The van der Waals surface area contributed by atoms with Crippen LogP contribution in [0.4, 0.5) is 0 Å². The van der Waals surface area contributed by atoms with Gasteiger partial charge in [-0.15, -0.1) is 0 Å². The van der Waals surface area contributed by atoms with Crippen molar-refractivity contribution in [2.75, 3.05) is 0 Å². The zero-order valence-corrected chi connectivity index (χ0v) is 24.0. The second-order valence-corrected chi connectivity index (χ2v) is 9.69. The number of rotatable bonds is 13. The van der Waals surface area contributed by atoms with Crippen molar-refractivity contribution in [3.63, 3.8) is 0 Å². The van der Waals surface area contributed by atoms with Gasteiger partial charge in [0.2, 0.25) is 0 Å². The molecular weight excluding hydrogens is 611 g/mol. The number of carbonyl (C=O) groups is 6. The van der Waals surface area contributed by atoms with Crippen LogP contribution >= 0.6 is 0 Å². The van der Waals surface area contributed by atoms with Crippen molar-refractivity contribution in [2.45, 2.75) is 93.9 Å². The number of unbranched alkanes of at least 4 members (excludes halogenated alkanes) is 3. The predicted octanol–water partition coefficient (Wildman–Crippen LogP) is 0.0436. The summed E-state index contributed by atoms with van der Waals surface area (Å²) >= 11 is 1.70. The van der Waals surface area contributed by atoms with E-state index in [9.17, 15) is 28.8 Å². The van der Waals surface area contributed by atoms with Crippen molar-refractivity contribution >= 4 is 58.3 Å². The van der Waals surface area contributed by atoms with E-state index in [4.69, 9.17) is 46.0 Å². The van der Waals surface area contributed by atoms with Crippen LogP contribution in [0.5, 0.6) is 0 Å². The molecule has 0 bridgehead atoms. The van der Waals surface area contributed by atoms with Crippen molar-refractivity contribution < 1.29 is 74.7 Å². The molecule has 3 unspecified atom stereocenters. The zero-order chi connectivity index (χ0) is 30.6. The third-order valence-corrected chi connectivity index (χ3v) is 4.91. The molecule has 0 aromatic carbocycles. The maximum absolute atomic E-state index is 10.0. The molecule has 0 fully saturated rings. The third kappa shape index (κ3) is 27.9. The van der Waals surface area contributed by atoms with Crippen LogP contribution in [0.2, 0.25) is 4.44 Å². The summed E-state index contributed by atoms with van der Waals surface area (Å²) in [5.41, 5.74) is -6.48. The first-order valence-corrected chi connectivity index (χ1v) is 12.7. The fourth-order valence-electron chi connectivity index (χ4n) is 1.66. The SMILES string of the molecule is CC(O)(CC(=O)O)C(=O)O.CC(O)(CC(=O)O)C(=O)O.CC(O)(CC(=O)O)C(=O)O.CCCCC[CH2][Sn]. The van der Waals surface area contributed by atoms with Crippen LogP contribution < -0.4 is 0 Å². The molecule has 0 heterocycles. The Balaban J connectivity index is -0.000000198. The van der Waals surface area contributed by atoms with Crippen molar-refractivity contribution in [3.05, 3.63) is 0 Å². The summed E-state index contributed by atoms with van der Waals surface area (Å²) in [4.78, 5) is 59.8. The summed E-state index contributed by atoms with van der Waals surface area (Å²) < 4.78 is 1.45. The van der Waals surface area contributed by atoms with E-state index in [1.807, 2.05) is 0 Å². The zero-order valence-electron chi connectivity index (χ0n) is 21.1. The number of aliphatic hydroxyl groups is 3. The van der Waals surface area contributed by atoms with Gasteiger partial charge in [-0.2, -0.15) is 0 Å². The molecule has 0 rings (SSSR count). The van der Waals surface area contributed by atoms with Crippen molar-refractivity contribution in [2.24, 2.45) is 0 Å². The quantitative estimate of drug-likeness (QED) is 0.0942. The standard InChI is InChI=1S/C6H13.3C5H8O5.Sn/c1-3-5-6-4-2;3*1-5(10,4(8)9)2-3(6)7;/h1,3-6H2,2H3;3*10H,2H2,1H3,(H,6,7)(H,8,9);. The number of carboxylic acid groups (broad SMARTS) is 6. The number of hydrogen-bond donors (Lipinski definition) is 9. The molecule has 3 radical (unpaired) electrons. The molecule has 0 amide bonds. The molecule has 0 aromatic heterocycles. The molecule has 0 aliphatic heterocycles. The molecule has 215 valence electrons. The first-order chi connectivity index (χ1) is 16.5. The second kappa shape index (κ2) is 20.5. The molecular formula is C21H37O15Sn. The van der Waals surface area contributed by atoms with Gasteiger partial charge in [-0.05, 0) is 20.8 Å². The van der Waals surface area contributed by atoms with Gasteiger partial charge in [-0.1, -0.05) is 0 Å². The summed E-state index contributed by atoms with van der Waals surface area (Å²) in [6, 6.07) is 0. The third-order valence-electron chi connectivity index (χ3n) is 3.90. The van der Waals surface area contributed by atoms with E-state index in [0.29, 0.717) is 0 Å². The molecule has 0 saturated heterocycles. The number of hydrogen-bond acceptors (Lipinski definition) is 9. The molecule has 9 N–H and O–H groups in total. The van der Waals surface area contributed by atoms with E-state index in [0.717, 1.165) is 20.8 Å². The number of aliphatic carboxylic acids is 6. The normalized spacial score (nSPS) is 14.6. The van der Waals surface area contributed by atoms with Crippen LogP contribution in [0.15, 0.2) is 0 Å². The minimum atomic E-state index is -2.16. The van der Waals surface area contributed by atoms with E-state index < -0.39 is 71.9 Å². The van der Waals surface area contributed by atoms with E-state index in [2.05, 4.69) is 6.92 Å². The average molecular weight is 648 g/mol. The van der Waals surface area contributed by atoms with Gasteiger partial charge in [0.15, 0.2) is 16.8 Å². The Labute approximate surface area is 226 Å². The Bertz CT molecular complexity index is 650. The molecule has 3 atom stereocenters. The Hall–Kier alpha value is -2.50. The first-order valence-electron chi connectivity index (χ1n) is 10.7. The maximum atomic E-state index is 10.0. The molecule has 15 nitrogen and oxygen atoms in total. The van der Waals surface area contributed by atoms with Crippen LogP contribution in [0, 0.1) is 0 Å². The summed E-state index contributed by atoms with van der Waals surface area (Å²) in [7, 11) is 0. The minimum absolute atomic E-state index is 0.789. The van der Waals surface area contributed by atoms with E-state index in [1.165, 1.54) is 30.1 Å². The Kier molecular flexibility index (Phi) is 23.1. The van der Waals surface area contributed by atoms with Crippen molar-refractivity contribution in [3.8, 4) is 0 Å². The first kappa shape index (κ1) is 41.6. The van der Waals surface area contributed by atoms with Crippen LogP contribution in [-0.2, 0) is 28.8 Å². The Morgan fingerprint density at radius 3 is 0.892 bits per heavy atom. The van der Waals surface area contributed by atoms with Crippen molar-refractivity contribution in [1.82, 2.24) is 0 Å². The topological polar surface area (TPSA) is 284 Å². The summed E-state index contributed by atoms with van der Waals surface area (Å²) in [5.74, 6) is -8.62. The van der Waals surface area contributed by atoms with Gasteiger partial charge in [-0.25, -0.2) is 14.4 Å². The van der Waals surface area contributed by atoms with Crippen LogP contribution in [-0.4, -0.2) is 121 Å². The summed E-state index contributed by atoms with van der Waals surface area (Å²) in [6.45, 7) is 5.05. The monoisotopic (exact) mass is 649 g/mol. The molecule has 37 heavy (non-hydrogen) atoms. The summed E-state index contributed by atoms with van der Waals surface area (Å²) in [6.07, 6.45) is 3.37. The van der Waals surface area contributed by atoms with Gasteiger partial charge >= 0.3 is 95.4 Å². The van der Waals surface area contributed by atoms with E-state index in [1.54, 1.807) is 22.5 Å². The van der Waals surface area contributed by atoms with Crippen LogP contribution in [0.3, 0.4) is 0 Å². The van der Waals surface area contributed by atoms with Crippen molar-refractivity contribution in [1.29, 1.82) is 0 Å². The van der Waals surface area contributed by atoms with Crippen LogP contribution in [0.25, 0.3) is 0 Å². The fourth-order valence-corrected chi connectivity index (χ4v) is 2.38. The van der Waals surface area contributed by atoms with Crippen LogP contribution in [0.1, 0.15) is 72.6 Å². The molecule has 0 spiro atoms. The predicted molar refractivity (Wildman–Crippen MR) is 126 cm³/mol. The summed E-state index contributed by atoms with van der Waals surface area (Å²) in [5, 5.41) is 75.1. The van der Waals surface area contributed by atoms with E-state index in [-0.39, 0.29) is 0 Å². The molecule has 16 heteroatoms. The molecule has 0 aliphatic rings. The van der Waals surface area contributed by atoms with Gasteiger partial charge in [0.1, 0.15) is 0 Å². The van der Waals surface area contributed by atoms with Gasteiger partial charge in [0, 0.05) is 0 Å². The Morgan fingerprint density at radius 2 is 0.784 bits per heavy atom. The van der Waals surface area contributed by atoms with Gasteiger partial charge in [0.05, 0.1) is 19.3 Å². The van der Waals surface area contributed by atoms with Gasteiger partial charge in [-0.3, -0.25) is 14.4 Å². The van der Waals surface area contributed by atoms with Gasteiger partial charge < -0.3 is 46.0 Å². The number of carboxylic acids is 6. The second-order valence-electron chi connectivity index (χ2n) is 8.26. The molecule has 0 saturated carbocycles. The average Bonchev–Trinajstić information content (AvgIpc) is 2.66.